The van der Waals surface area contributed by atoms with E-state index in [0.29, 0.717) is 5.92 Å². The number of rotatable bonds is 8. The van der Waals surface area contributed by atoms with Crippen LogP contribution in [0.5, 0.6) is 0 Å². The molecule has 2 heterocycles. The largest absolute Gasteiger partial charge is 0.358 e. The number of aromatic nitrogens is 2. The van der Waals surface area contributed by atoms with Gasteiger partial charge in [0.2, 0.25) is 0 Å². The molecule has 0 aliphatic carbocycles. The van der Waals surface area contributed by atoms with Crippen molar-refractivity contribution < 1.29 is 0 Å². The molecule has 0 bridgehead atoms. The third-order valence-corrected chi connectivity index (χ3v) is 3.66. The molecule has 0 spiro atoms. The molecule has 21 heavy (non-hydrogen) atoms. The van der Waals surface area contributed by atoms with Gasteiger partial charge >= 0.3 is 0 Å². The Morgan fingerprint density at radius 1 is 1.33 bits per heavy atom. The first kappa shape index (κ1) is 15.8. The maximum absolute atomic E-state index is 4.81. The van der Waals surface area contributed by atoms with E-state index in [2.05, 4.69) is 60.8 Å². The number of anilines is 1. The summed E-state index contributed by atoms with van der Waals surface area (Å²) in [7, 11) is 2.14. The first-order valence-electron chi connectivity index (χ1n) is 8.01. The standard InChI is InChI=1S/C17H28N4/c1-5-6-10-20(4)17-15(13-18-12-14(2)3)21-11-8-7-9-16(21)19-17/h7-9,11,14,18H,5-6,10,12-13H2,1-4H3. The van der Waals surface area contributed by atoms with Gasteiger partial charge in [0, 0.05) is 26.3 Å². The molecule has 4 heteroatoms. The zero-order chi connectivity index (χ0) is 15.2. The van der Waals surface area contributed by atoms with Gasteiger partial charge in [-0.1, -0.05) is 33.3 Å². The third kappa shape index (κ3) is 3.97. The van der Waals surface area contributed by atoms with E-state index in [-0.39, 0.29) is 0 Å². The average Bonchev–Trinajstić information content (AvgIpc) is 2.83. The van der Waals surface area contributed by atoms with Gasteiger partial charge in [0.25, 0.3) is 0 Å². The fraction of sp³-hybridized carbons (Fsp3) is 0.588. The Kier molecular flexibility index (Phi) is 5.62. The van der Waals surface area contributed by atoms with Crippen LogP contribution in [-0.4, -0.2) is 29.5 Å². The van der Waals surface area contributed by atoms with Crippen LogP contribution >= 0.6 is 0 Å². The van der Waals surface area contributed by atoms with Crippen LogP contribution in [-0.2, 0) is 6.54 Å². The number of imidazole rings is 1. The second-order valence-corrected chi connectivity index (χ2v) is 6.11. The number of hydrogen-bond acceptors (Lipinski definition) is 3. The predicted octanol–water partition coefficient (Wildman–Crippen LogP) is 3.32. The molecule has 0 aliphatic rings. The molecule has 0 aromatic carbocycles. The van der Waals surface area contributed by atoms with Gasteiger partial charge in [-0.15, -0.1) is 0 Å². The lowest BCUT2D eigenvalue weighted by Gasteiger charge is -2.18. The van der Waals surface area contributed by atoms with Crippen molar-refractivity contribution in [3.63, 3.8) is 0 Å². The molecule has 116 valence electrons. The third-order valence-electron chi connectivity index (χ3n) is 3.66. The van der Waals surface area contributed by atoms with Crippen molar-refractivity contribution >= 4 is 11.5 Å². The summed E-state index contributed by atoms with van der Waals surface area (Å²) in [4.78, 5) is 7.09. The van der Waals surface area contributed by atoms with Crippen molar-refractivity contribution in [2.45, 2.75) is 40.2 Å². The van der Waals surface area contributed by atoms with Gasteiger partial charge in [-0.25, -0.2) is 4.98 Å². The van der Waals surface area contributed by atoms with Crippen LogP contribution in [0, 0.1) is 5.92 Å². The monoisotopic (exact) mass is 288 g/mol. The normalized spacial score (nSPS) is 11.5. The molecule has 4 nitrogen and oxygen atoms in total. The Bertz CT molecular complexity index is 559. The molecule has 2 aromatic heterocycles. The number of fused-ring (bicyclic) bond motifs is 1. The maximum Gasteiger partial charge on any atom is 0.152 e. The second kappa shape index (κ2) is 7.46. The number of unbranched alkanes of at least 4 members (excludes halogenated alkanes) is 1. The molecule has 2 aromatic rings. The quantitative estimate of drug-likeness (QED) is 0.809. The summed E-state index contributed by atoms with van der Waals surface area (Å²) in [5, 5.41) is 3.54. The molecule has 0 aliphatic heterocycles. The highest BCUT2D eigenvalue weighted by molar-refractivity contribution is 5.55. The van der Waals surface area contributed by atoms with Gasteiger partial charge in [0.15, 0.2) is 5.82 Å². The van der Waals surface area contributed by atoms with Crippen LogP contribution in [0.1, 0.15) is 39.3 Å². The highest BCUT2D eigenvalue weighted by atomic mass is 15.2. The van der Waals surface area contributed by atoms with Gasteiger partial charge in [0.1, 0.15) is 5.65 Å². The average molecular weight is 288 g/mol. The Hall–Kier alpha value is -1.55. The van der Waals surface area contributed by atoms with Gasteiger partial charge in [-0.3, -0.25) is 0 Å². The van der Waals surface area contributed by atoms with E-state index in [4.69, 9.17) is 4.98 Å². The molecule has 0 fully saturated rings. The van der Waals surface area contributed by atoms with Crippen LogP contribution in [0.2, 0.25) is 0 Å². The number of hydrogen-bond donors (Lipinski definition) is 1. The van der Waals surface area contributed by atoms with E-state index >= 15 is 0 Å². The summed E-state index contributed by atoms with van der Waals surface area (Å²) in [5.74, 6) is 1.76. The summed E-state index contributed by atoms with van der Waals surface area (Å²) in [6.45, 7) is 9.62. The number of nitrogens with one attached hydrogen (secondary N) is 1. The topological polar surface area (TPSA) is 32.6 Å². The van der Waals surface area contributed by atoms with Crippen molar-refractivity contribution in [3.8, 4) is 0 Å². The van der Waals surface area contributed by atoms with E-state index in [1.165, 1.54) is 18.5 Å². The minimum atomic E-state index is 0.658. The first-order valence-corrected chi connectivity index (χ1v) is 8.01. The van der Waals surface area contributed by atoms with Crippen LogP contribution in [0.15, 0.2) is 24.4 Å². The minimum absolute atomic E-state index is 0.658. The van der Waals surface area contributed by atoms with E-state index in [9.17, 15) is 0 Å². The number of nitrogens with zero attached hydrogens (tertiary/aromatic N) is 3. The van der Waals surface area contributed by atoms with Crippen molar-refractivity contribution in [1.82, 2.24) is 14.7 Å². The van der Waals surface area contributed by atoms with Gasteiger partial charge in [-0.05, 0) is 31.0 Å². The van der Waals surface area contributed by atoms with Crippen LogP contribution in [0.4, 0.5) is 5.82 Å². The Morgan fingerprint density at radius 3 is 2.86 bits per heavy atom. The molecule has 1 N–H and O–H groups in total. The van der Waals surface area contributed by atoms with Crippen molar-refractivity contribution in [3.05, 3.63) is 30.1 Å². The van der Waals surface area contributed by atoms with Gasteiger partial charge in [0.05, 0.1) is 5.69 Å². The molecule has 0 saturated carbocycles. The molecule has 0 saturated heterocycles. The minimum Gasteiger partial charge on any atom is -0.358 e. The predicted molar refractivity (Wildman–Crippen MR) is 89.9 cm³/mol. The molecule has 0 radical (unpaired) electrons. The lowest BCUT2D eigenvalue weighted by atomic mass is 10.2. The lowest BCUT2D eigenvalue weighted by Crippen LogP contribution is -2.24. The molecular weight excluding hydrogens is 260 g/mol. The van der Waals surface area contributed by atoms with E-state index < -0.39 is 0 Å². The fourth-order valence-corrected chi connectivity index (χ4v) is 2.48. The summed E-state index contributed by atoms with van der Waals surface area (Å²) in [5.41, 5.74) is 2.28. The molecule has 0 unspecified atom stereocenters. The van der Waals surface area contributed by atoms with E-state index in [1.54, 1.807) is 0 Å². The SMILES string of the molecule is CCCCN(C)c1nc2ccccn2c1CNCC(C)C. The summed E-state index contributed by atoms with van der Waals surface area (Å²) >= 11 is 0. The molecule has 0 atom stereocenters. The first-order chi connectivity index (χ1) is 10.1. The fourth-order valence-electron chi connectivity index (χ4n) is 2.48. The van der Waals surface area contributed by atoms with Gasteiger partial charge in [-0.2, -0.15) is 0 Å². The Labute approximate surface area is 128 Å². The van der Waals surface area contributed by atoms with Crippen LogP contribution in [0.25, 0.3) is 5.65 Å². The van der Waals surface area contributed by atoms with E-state index in [0.717, 1.165) is 31.1 Å². The maximum atomic E-state index is 4.81. The molecule has 0 amide bonds. The second-order valence-electron chi connectivity index (χ2n) is 6.11. The highest BCUT2D eigenvalue weighted by Gasteiger charge is 2.15. The highest BCUT2D eigenvalue weighted by Crippen LogP contribution is 2.21. The summed E-state index contributed by atoms with van der Waals surface area (Å²) < 4.78 is 2.20. The smallest absolute Gasteiger partial charge is 0.152 e. The number of pyridine rings is 1. The van der Waals surface area contributed by atoms with Crippen molar-refractivity contribution in [2.24, 2.45) is 5.92 Å². The van der Waals surface area contributed by atoms with Gasteiger partial charge < -0.3 is 14.6 Å². The van der Waals surface area contributed by atoms with Crippen molar-refractivity contribution in [1.29, 1.82) is 0 Å². The Morgan fingerprint density at radius 2 is 2.14 bits per heavy atom. The van der Waals surface area contributed by atoms with Crippen LogP contribution in [0.3, 0.4) is 0 Å². The van der Waals surface area contributed by atoms with Crippen LogP contribution < -0.4 is 10.2 Å². The zero-order valence-electron chi connectivity index (χ0n) is 13.8. The zero-order valence-corrected chi connectivity index (χ0v) is 13.8. The lowest BCUT2D eigenvalue weighted by molar-refractivity contribution is 0.546. The van der Waals surface area contributed by atoms with E-state index in [1.807, 2.05) is 6.07 Å². The summed E-state index contributed by atoms with van der Waals surface area (Å²) in [6, 6.07) is 6.18. The summed E-state index contributed by atoms with van der Waals surface area (Å²) in [6.07, 6.45) is 4.51. The molecule has 2 rings (SSSR count). The van der Waals surface area contributed by atoms with Crippen molar-refractivity contribution in [2.75, 3.05) is 25.0 Å². The molecular formula is C17H28N4. The Balaban J connectivity index is 2.25.